The topological polar surface area (TPSA) is 87.7 Å². The fourth-order valence-electron chi connectivity index (χ4n) is 1.51. The van der Waals surface area contributed by atoms with E-state index >= 15 is 0 Å². The number of halogens is 1. The molecular weight excluding hydrogens is 284 g/mol. The SMILES string of the molecule is COCCCCNC(=O)Nc1ccc(C(=O)O)c(Cl)c1. The van der Waals surface area contributed by atoms with Gasteiger partial charge >= 0.3 is 12.0 Å². The molecule has 6 nitrogen and oxygen atoms in total. The highest BCUT2D eigenvalue weighted by atomic mass is 35.5. The lowest BCUT2D eigenvalue weighted by molar-refractivity contribution is 0.0697. The molecule has 0 heterocycles. The van der Waals surface area contributed by atoms with Crippen LogP contribution in [-0.2, 0) is 4.74 Å². The first-order chi connectivity index (χ1) is 9.54. The minimum Gasteiger partial charge on any atom is -0.478 e. The Kier molecular flexibility index (Phi) is 6.83. The van der Waals surface area contributed by atoms with E-state index in [1.165, 1.54) is 18.2 Å². The van der Waals surface area contributed by atoms with Crippen molar-refractivity contribution < 1.29 is 19.4 Å². The van der Waals surface area contributed by atoms with Crippen molar-refractivity contribution in [2.24, 2.45) is 0 Å². The van der Waals surface area contributed by atoms with E-state index in [0.717, 1.165) is 12.8 Å². The van der Waals surface area contributed by atoms with Crippen LogP contribution in [0.3, 0.4) is 0 Å². The second-order valence-corrected chi connectivity index (χ2v) is 4.49. The quantitative estimate of drug-likeness (QED) is 0.675. The first kappa shape index (κ1) is 16.3. The van der Waals surface area contributed by atoms with Gasteiger partial charge in [0.1, 0.15) is 0 Å². The summed E-state index contributed by atoms with van der Waals surface area (Å²) in [7, 11) is 1.63. The third-order valence-electron chi connectivity index (χ3n) is 2.52. The summed E-state index contributed by atoms with van der Waals surface area (Å²) < 4.78 is 4.90. The van der Waals surface area contributed by atoms with Gasteiger partial charge in [0, 0.05) is 25.9 Å². The number of nitrogens with one attached hydrogen (secondary N) is 2. The summed E-state index contributed by atoms with van der Waals surface area (Å²) in [6.07, 6.45) is 1.69. The number of carboxylic acid groups (broad SMARTS) is 1. The summed E-state index contributed by atoms with van der Waals surface area (Å²) in [5.41, 5.74) is 0.437. The van der Waals surface area contributed by atoms with Gasteiger partial charge in [-0.15, -0.1) is 0 Å². The van der Waals surface area contributed by atoms with Gasteiger partial charge in [-0.1, -0.05) is 11.6 Å². The first-order valence-corrected chi connectivity index (χ1v) is 6.49. The van der Waals surface area contributed by atoms with E-state index in [4.69, 9.17) is 21.4 Å². The van der Waals surface area contributed by atoms with Crippen molar-refractivity contribution in [3.05, 3.63) is 28.8 Å². The van der Waals surface area contributed by atoms with E-state index in [2.05, 4.69) is 10.6 Å². The van der Waals surface area contributed by atoms with Gasteiger partial charge in [-0.2, -0.15) is 0 Å². The number of carbonyl (C=O) groups excluding carboxylic acids is 1. The number of amides is 2. The van der Waals surface area contributed by atoms with Crippen molar-refractivity contribution in [3.63, 3.8) is 0 Å². The molecule has 2 amide bonds. The minimum absolute atomic E-state index is 0.00260. The van der Waals surface area contributed by atoms with E-state index in [9.17, 15) is 9.59 Å². The van der Waals surface area contributed by atoms with Crippen LogP contribution in [0.2, 0.25) is 5.02 Å². The number of hydrogen-bond acceptors (Lipinski definition) is 3. The number of hydrogen-bond donors (Lipinski definition) is 3. The highest BCUT2D eigenvalue weighted by Crippen LogP contribution is 2.20. The second kappa shape index (κ2) is 8.39. The van der Waals surface area contributed by atoms with Crippen LogP contribution >= 0.6 is 11.6 Å². The van der Waals surface area contributed by atoms with Crippen LogP contribution in [0.5, 0.6) is 0 Å². The number of benzene rings is 1. The van der Waals surface area contributed by atoms with E-state index < -0.39 is 5.97 Å². The standard InChI is InChI=1S/C13H17ClN2O4/c1-20-7-3-2-6-15-13(19)16-9-4-5-10(12(17)18)11(14)8-9/h4-5,8H,2-3,6-7H2,1H3,(H,17,18)(H2,15,16,19). The van der Waals surface area contributed by atoms with E-state index in [1.807, 2.05) is 0 Å². The summed E-state index contributed by atoms with van der Waals surface area (Å²) in [4.78, 5) is 22.4. The Bertz CT molecular complexity index is 479. The molecule has 20 heavy (non-hydrogen) atoms. The molecule has 0 saturated heterocycles. The van der Waals surface area contributed by atoms with Crippen LogP contribution in [0.4, 0.5) is 10.5 Å². The Hall–Kier alpha value is -1.79. The van der Waals surface area contributed by atoms with Crippen molar-refractivity contribution in [1.82, 2.24) is 5.32 Å². The van der Waals surface area contributed by atoms with Crippen LogP contribution in [-0.4, -0.2) is 37.4 Å². The number of carboxylic acids is 1. The lowest BCUT2D eigenvalue weighted by atomic mass is 10.2. The predicted molar refractivity (Wildman–Crippen MR) is 76.5 cm³/mol. The minimum atomic E-state index is -1.11. The van der Waals surface area contributed by atoms with Gasteiger partial charge in [-0.05, 0) is 31.0 Å². The van der Waals surface area contributed by atoms with Gasteiger partial charge in [0.15, 0.2) is 0 Å². The van der Waals surface area contributed by atoms with Crippen molar-refractivity contribution in [2.45, 2.75) is 12.8 Å². The fourth-order valence-corrected chi connectivity index (χ4v) is 1.78. The zero-order valence-electron chi connectivity index (χ0n) is 11.1. The molecule has 0 aromatic heterocycles. The molecule has 0 atom stereocenters. The summed E-state index contributed by atoms with van der Waals surface area (Å²) >= 11 is 5.80. The van der Waals surface area contributed by atoms with Crippen LogP contribution in [0.15, 0.2) is 18.2 Å². The third-order valence-corrected chi connectivity index (χ3v) is 2.83. The van der Waals surface area contributed by atoms with Crippen LogP contribution in [0.1, 0.15) is 23.2 Å². The summed E-state index contributed by atoms with van der Waals surface area (Å²) in [5.74, 6) is -1.11. The van der Waals surface area contributed by atoms with Gasteiger partial charge in [0.2, 0.25) is 0 Å². The van der Waals surface area contributed by atoms with Crippen molar-refractivity contribution in [1.29, 1.82) is 0 Å². The lowest BCUT2D eigenvalue weighted by Crippen LogP contribution is -2.29. The maximum Gasteiger partial charge on any atom is 0.337 e. The summed E-state index contributed by atoms with van der Waals surface area (Å²) in [5, 5.41) is 14.2. The van der Waals surface area contributed by atoms with Crippen LogP contribution < -0.4 is 10.6 Å². The van der Waals surface area contributed by atoms with E-state index in [1.54, 1.807) is 7.11 Å². The molecule has 0 saturated carbocycles. The van der Waals surface area contributed by atoms with Crippen molar-refractivity contribution in [2.75, 3.05) is 25.6 Å². The van der Waals surface area contributed by atoms with Crippen molar-refractivity contribution in [3.8, 4) is 0 Å². The zero-order valence-corrected chi connectivity index (χ0v) is 11.9. The van der Waals surface area contributed by atoms with Gasteiger partial charge < -0.3 is 20.5 Å². The Morgan fingerprint density at radius 1 is 1.35 bits per heavy atom. The molecule has 1 rings (SSSR count). The number of carbonyl (C=O) groups is 2. The third kappa shape index (κ3) is 5.46. The van der Waals surface area contributed by atoms with Crippen molar-refractivity contribution >= 4 is 29.3 Å². The number of methoxy groups -OCH3 is 1. The highest BCUT2D eigenvalue weighted by molar-refractivity contribution is 6.33. The molecule has 0 spiro atoms. The molecule has 0 radical (unpaired) electrons. The number of anilines is 1. The monoisotopic (exact) mass is 300 g/mol. The summed E-state index contributed by atoms with van der Waals surface area (Å²) in [6.45, 7) is 1.20. The van der Waals surface area contributed by atoms with Gasteiger partial charge in [0.05, 0.1) is 10.6 Å². The molecule has 0 aliphatic carbocycles. The van der Waals surface area contributed by atoms with E-state index in [0.29, 0.717) is 18.8 Å². The lowest BCUT2D eigenvalue weighted by Gasteiger charge is -2.08. The number of rotatable bonds is 7. The number of ether oxygens (including phenoxy) is 1. The zero-order chi connectivity index (χ0) is 15.0. The Morgan fingerprint density at radius 3 is 2.70 bits per heavy atom. The molecule has 0 bridgehead atoms. The Labute approximate surface area is 122 Å². The maximum absolute atomic E-state index is 11.6. The van der Waals surface area contributed by atoms with Gasteiger partial charge in [0.25, 0.3) is 0 Å². The Morgan fingerprint density at radius 2 is 2.10 bits per heavy atom. The molecule has 1 aromatic rings. The molecule has 0 aliphatic heterocycles. The first-order valence-electron chi connectivity index (χ1n) is 6.11. The number of urea groups is 1. The normalized spacial score (nSPS) is 10.1. The molecule has 3 N–H and O–H groups in total. The maximum atomic E-state index is 11.6. The molecule has 110 valence electrons. The average molecular weight is 301 g/mol. The smallest absolute Gasteiger partial charge is 0.337 e. The molecule has 0 aliphatic rings. The second-order valence-electron chi connectivity index (χ2n) is 4.08. The largest absolute Gasteiger partial charge is 0.478 e. The molecular formula is C13H17ClN2O4. The average Bonchev–Trinajstić information content (AvgIpc) is 2.38. The highest BCUT2D eigenvalue weighted by Gasteiger charge is 2.09. The molecule has 0 fully saturated rings. The fraction of sp³-hybridized carbons (Fsp3) is 0.385. The molecule has 7 heteroatoms. The van der Waals surface area contributed by atoms with Gasteiger partial charge in [-0.25, -0.2) is 9.59 Å². The van der Waals surface area contributed by atoms with Crippen LogP contribution in [0, 0.1) is 0 Å². The molecule has 0 unspecified atom stereocenters. The van der Waals surface area contributed by atoms with Gasteiger partial charge in [-0.3, -0.25) is 0 Å². The number of unbranched alkanes of at least 4 members (excludes halogenated alkanes) is 1. The predicted octanol–water partition coefficient (Wildman–Crippen LogP) is 2.59. The van der Waals surface area contributed by atoms with E-state index in [-0.39, 0.29) is 16.6 Å². The number of aromatic carboxylic acids is 1. The Balaban J connectivity index is 2.42. The molecule has 1 aromatic carbocycles. The summed E-state index contributed by atoms with van der Waals surface area (Å²) in [6, 6.07) is 3.87. The van der Waals surface area contributed by atoms with Crippen LogP contribution in [0.25, 0.3) is 0 Å².